The molecule has 0 saturated heterocycles. The number of fused-ring (bicyclic) bond motifs is 1. The number of amides is 2. The third kappa shape index (κ3) is 4.82. The maximum atomic E-state index is 12.6. The third-order valence-corrected chi connectivity index (χ3v) is 6.31. The molecular formula is C21H30N5O2S+. The predicted octanol–water partition coefficient (Wildman–Crippen LogP) is 1.22. The SMILES string of the molecule is CC[NH+](CC)CCNC(=O)C(=O)Nc1c2c(nn1-c1ccc(C)cc1C)CSC2. The summed E-state index contributed by atoms with van der Waals surface area (Å²) in [5, 5.41) is 10.3. The lowest BCUT2D eigenvalue weighted by atomic mass is 10.1. The van der Waals surface area contributed by atoms with Gasteiger partial charge in [0.25, 0.3) is 0 Å². The highest BCUT2D eigenvalue weighted by Crippen LogP contribution is 2.36. The van der Waals surface area contributed by atoms with Gasteiger partial charge in [-0.05, 0) is 39.3 Å². The first-order valence-corrected chi connectivity index (χ1v) is 11.3. The van der Waals surface area contributed by atoms with Gasteiger partial charge in [0.2, 0.25) is 0 Å². The zero-order valence-electron chi connectivity index (χ0n) is 17.6. The number of anilines is 1. The van der Waals surface area contributed by atoms with Crippen molar-refractivity contribution in [2.75, 3.05) is 31.5 Å². The Morgan fingerprint density at radius 1 is 1.17 bits per heavy atom. The fraction of sp³-hybridized carbons (Fsp3) is 0.476. The van der Waals surface area contributed by atoms with Crippen LogP contribution in [-0.2, 0) is 21.1 Å². The van der Waals surface area contributed by atoms with Crippen LogP contribution < -0.4 is 15.5 Å². The van der Waals surface area contributed by atoms with Crippen LogP contribution in [0.2, 0.25) is 0 Å². The molecule has 8 heteroatoms. The van der Waals surface area contributed by atoms with Crippen molar-refractivity contribution in [2.45, 2.75) is 39.2 Å². The van der Waals surface area contributed by atoms with Gasteiger partial charge in [-0.15, -0.1) is 0 Å². The Kier molecular flexibility index (Phi) is 6.97. The molecule has 0 fully saturated rings. The monoisotopic (exact) mass is 416 g/mol. The molecule has 0 spiro atoms. The van der Waals surface area contributed by atoms with E-state index >= 15 is 0 Å². The van der Waals surface area contributed by atoms with Gasteiger partial charge in [-0.3, -0.25) is 9.59 Å². The summed E-state index contributed by atoms with van der Waals surface area (Å²) in [6.45, 7) is 11.6. The molecule has 0 bridgehead atoms. The molecule has 3 N–H and O–H groups in total. The lowest BCUT2D eigenvalue weighted by Gasteiger charge is -2.16. The highest BCUT2D eigenvalue weighted by molar-refractivity contribution is 7.98. The molecule has 1 aromatic carbocycles. The van der Waals surface area contributed by atoms with E-state index in [1.807, 2.05) is 26.0 Å². The van der Waals surface area contributed by atoms with Gasteiger partial charge in [-0.25, -0.2) is 4.68 Å². The van der Waals surface area contributed by atoms with Crippen molar-refractivity contribution in [1.29, 1.82) is 0 Å². The van der Waals surface area contributed by atoms with Gasteiger partial charge in [0.15, 0.2) is 0 Å². The van der Waals surface area contributed by atoms with Gasteiger partial charge in [0.05, 0.1) is 37.6 Å². The molecule has 1 aromatic heterocycles. The van der Waals surface area contributed by atoms with Crippen molar-refractivity contribution in [2.24, 2.45) is 0 Å². The Hall–Kier alpha value is -2.32. The van der Waals surface area contributed by atoms with Crippen molar-refractivity contribution >= 4 is 29.4 Å². The summed E-state index contributed by atoms with van der Waals surface area (Å²) in [6.07, 6.45) is 0. The second-order valence-electron chi connectivity index (χ2n) is 7.39. The van der Waals surface area contributed by atoms with Gasteiger partial charge >= 0.3 is 11.8 Å². The van der Waals surface area contributed by atoms with Crippen molar-refractivity contribution in [3.63, 3.8) is 0 Å². The van der Waals surface area contributed by atoms with E-state index in [9.17, 15) is 9.59 Å². The van der Waals surface area contributed by atoms with Crippen LogP contribution in [0.25, 0.3) is 5.69 Å². The van der Waals surface area contributed by atoms with Crippen molar-refractivity contribution in [3.05, 3.63) is 40.6 Å². The van der Waals surface area contributed by atoms with Gasteiger partial charge in [-0.1, -0.05) is 17.7 Å². The highest BCUT2D eigenvalue weighted by atomic mass is 32.2. The first kappa shape index (κ1) is 21.4. The van der Waals surface area contributed by atoms with E-state index in [4.69, 9.17) is 5.10 Å². The van der Waals surface area contributed by atoms with Crippen LogP contribution in [-0.4, -0.2) is 47.8 Å². The van der Waals surface area contributed by atoms with Crippen LogP contribution >= 0.6 is 11.8 Å². The Labute approximate surface area is 176 Å². The minimum Gasteiger partial charge on any atom is -0.342 e. The number of rotatable bonds is 7. The summed E-state index contributed by atoms with van der Waals surface area (Å²) >= 11 is 1.76. The quantitative estimate of drug-likeness (QED) is 0.593. The fourth-order valence-electron chi connectivity index (χ4n) is 3.56. The molecule has 1 aliphatic heterocycles. The summed E-state index contributed by atoms with van der Waals surface area (Å²) < 4.78 is 1.77. The molecule has 2 amide bonds. The van der Waals surface area contributed by atoms with Gasteiger partial charge in [-0.2, -0.15) is 16.9 Å². The number of carbonyl (C=O) groups is 2. The molecule has 156 valence electrons. The van der Waals surface area contributed by atoms with E-state index < -0.39 is 11.8 Å². The summed E-state index contributed by atoms with van der Waals surface area (Å²) in [5.41, 5.74) is 5.12. The molecule has 0 aliphatic carbocycles. The number of thioether (sulfide) groups is 1. The van der Waals surface area contributed by atoms with E-state index in [-0.39, 0.29) is 0 Å². The van der Waals surface area contributed by atoms with E-state index in [1.54, 1.807) is 16.4 Å². The number of quaternary nitrogens is 1. The summed E-state index contributed by atoms with van der Waals surface area (Å²) in [7, 11) is 0. The van der Waals surface area contributed by atoms with Crippen molar-refractivity contribution in [1.82, 2.24) is 15.1 Å². The van der Waals surface area contributed by atoms with E-state index in [0.29, 0.717) is 12.4 Å². The lowest BCUT2D eigenvalue weighted by Crippen LogP contribution is -3.12. The molecule has 0 saturated carbocycles. The maximum absolute atomic E-state index is 12.6. The van der Waals surface area contributed by atoms with E-state index in [2.05, 4.69) is 30.5 Å². The molecular weight excluding hydrogens is 386 g/mol. The molecule has 29 heavy (non-hydrogen) atoms. The first-order chi connectivity index (χ1) is 13.9. The molecule has 0 radical (unpaired) electrons. The second kappa shape index (κ2) is 9.45. The number of aryl methyl sites for hydroxylation is 2. The molecule has 2 aromatic rings. The van der Waals surface area contributed by atoms with Crippen LogP contribution in [0.4, 0.5) is 5.82 Å². The Bertz CT molecular complexity index is 905. The highest BCUT2D eigenvalue weighted by Gasteiger charge is 2.27. The van der Waals surface area contributed by atoms with Gasteiger partial charge in [0, 0.05) is 17.1 Å². The Morgan fingerprint density at radius 3 is 2.62 bits per heavy atom. The number of benzene rings is 1. The maximum Gasteiger partial charge on any atom is 0.314 e. The van der Waals surface area contributed by atoms with Crippen LogP contribution in [0.1, 0.15) is 36.2 Å². The molecule has 2 heterocycles. The molecule has 1 aliphatic rings. The summed E-state index contributed by atoms with van der Waals surface area (Å²) in [5.74, 6) is 0.943. The largest absolute Gasteiger partial charge is 0.342 e. The average Bonchev–Trinajstić information content (AvgIpc) is 3.28. The second-order valence-corrected chi connectivity index (χ2v) is 8.37. The Balaban J connectivity index is 1.76. The number of carbonyl (C=O) groups excluding carboxylic acids is 2. The number of aromatic nitrogens is 2. The standard InChI is InChI=1S/C21H29N5O2S/c1-5-25(6-2)10-9-22-20(27)21(28)23-19-16-12-29-13-17(16)24-26(19)18-8-7-14(3)11-15(18)4/h7-8,11H,5-6,9-10,12-13H2,1-4H3,(H,22,27)(H,23,28)/p+1. The zero-order chi connectivity index (χ0) is 21.0. The average molecular weight is 417 g/mol. The van der Waals surface area contributed by atoms with Crippen molar-refractivity contribution < 1.29 is 14.5 Å². The minimum atomic E-state index is -0.648. The number of hydrogen-bond acceptors (Lipinski definition) is 4. The van der Waals surface area contributed by atoms with Gasteiger partial charge in [0.1, 0.15) is 5.82 Å². The summed E-state index contributed by atoms with van der Waals surface area (Å²) in [4.78, 5) is 26.3. The Morgan fingerprint density at radius 2 is 1.93 bits per heavy atom. The zero-order valence-corrected chi connectivity index (χ0v) is 18.4. The number of nitrogens with zero attached hydrogens (tertiary/aromatic N) is 2. The van der Waals surface area contributed by atoms with Crippen LogP contribution in [0.15, 0.2) is 18.2 Å². The fourth-order valence-corrected chi connectivity index (χ4v) is 4.59. The summed E-state index contributed by atoms with van der Waals surface area (Å²) in [6, 6.07) is 6.12. The molecule has 7 nitrogen and oxygen atoms in total. The number of hydrogen-bond donors (Lipinski definition) is 3. The third-order valence-electron chi connectivity index (χ3n) is 5.33. The lowest BCUT2D eigenvalue weighted by molar-refractivity contribution is -0.895. The number of nitrogens with one attached hydrogen (secondary N) is 3. The molecule has 3 rings (SSSR count). The first-order valence-electron chi connectivity index (χ1n) is 10.1. The smallest absolute Gasteiger partial charge is 0.314 e. The predicted molar refractivity (Wildman–Crippen MR) is 117 cm³/mol. The number of likely N-dealkylation sites (N-methyl/N-ethyl adjacent to an activating group) is 1. The van der Waals surface area contributed by atoms with Crippen LogP contribution in [0, 0.1) is 13.8 Å². The normalized spacial score (nSPS) is 12.9. The minimum absolute atomic E-state index is 0.480. The van der Waals surface area contributed by atoms with Crippen LogP contribution in [0.5, 0.6) is 0 Å². The topological polar surface area (TPSA) is 80.5 Å². The molecule has 0 atom stereocenters. The molecule has 0 unspecified atom stereocenters. The van der Waals surface area contributed by atoms with E-state index in [1.165, 1.54) is 10.5 Å². The van der Waals surface area contributed by atoms with Gasteiger partial charge < -0.3 is 15.5 Å². The van der Waals surface area contributed by atoms with Crippen molar-refractivity contribution in [3.8, 4) is 5.69 Å². The van der Waals surface area contributed by atoms with E-state index in [0.717, 1.165) is 53.6 Å². The van der Waals surface area contributed by atoms with Crippen LogP contribution in [0.3, 0.4) is 0 Å².